The lowest BCUT2D eigenvalue weighted by atomic mass is 10.3. The molecule has 15 heavy (non-hydrogen) atoms. The number of aliphatic carboxylic acids is 1. The fraction of sp³-hybridized carbons (Fsp3) is 0.375. The lowest BCUT2D eigenvalue weighted by molar-refractivity contribution is -0.137. The number of carboxylic acid groups (broad SMARTS) is 1. The van der Waals surface area contributed by atoms with Gasteiger partial charge in [0.25, 0.3) is 0 Å². The van der Waals surface area contributed by atoms with Crippen molar-refractivity contribution in [2.24, 2.45) is 5.73 Å². The monoisotopic (exact) mass is 228 g/mol. The third-order valence-electron chi connectivity index (χ3n) is 1.70. The van der Waals surface area contributed by atoms with Gasteiger partial charge in [0.1, 0.15) is 18.2 Å². The van der Waals surface area contributed by atoms with E-state index in [-0.39, 0.29) is 0 Å². The first-order chi connectivity index (χ1) is 7.11. The summed E-state index contributed by atoms with van der Waals surface area (Å²) in [6, 6.07) is -0.846. The van der Waals surface area contributed by atoms with Gasteiger partial charge in [-0.1, -0.05) is 0 Å². The Morgan fingerprint density at radius 3 is 3.00 bits per heavy atom. The number of aromatic nitrogens is 2. The van der Waals surface area contributed by atoms with E-state index in [0.29, 0.717) is 17.3 Å². The van der Waals surface area contributed by atoms with Crippen LogP contribution in [-0.2, 0) is 10.5 Å². The zero-order valence-corrected chi connectivity index (χ0v) is 8.78. The maximum absolute atomic E-state index is 10.4. The Labute approximate surface area is 91.1 Å². The predicted molar refractivity (Wildman–Crippen MR) is 58.2 cm³/mol. The maximum atomic E-state index is 10.4. The van der Waals surface area contributed by atoms with Crippen molar-refractivity contribution in [2.75, 3.05) is 11.5 Å². The minimum Gasteiger partial charge on any atom is -0.480 e. The molecule has 7 heteroatoms. The number of carboxylic acids is 1. The van der Waals surface area contributed by atoms with Gasteiger partial charge in [-0.3, -0.25) is 4.79 Å². The molecule has 0 bridgehead atoms. The molecule has 0 saturated heterocycles. The summed E-state index contributed by atoms with van der Waals surface area (Å²) in [4.78, 5) is 18.1. The summed E-state index contributed by atoms with van der Waals surface area (Å²) in [6.45, 7) is 0. The van der Waals surface area contributed by atoms with Gasteiger partial charge in [0, 0.05) is 23.3 Å². The molecular formula is C8H12N4O2S. The Balaban J connectivity index is 2.38. The van der Waals surface area contributed by atoms with Crippen molar-refractivity contribution >= 4 is 23.5 Å². The number of nitrogen functional groups attached to an aromatic ring is 1. The van der Waals surface area contributed by atoms with Crippen LogP contribution < -0.4 is 11.5 Å². The molecule has 0 saturated carbocycles. The number of anilines is 1. The van der Waals surface area contributed by atoms with Crippen LogP contribution in [0.25, 0.3) is 0 Å². The van der Waals surface area contributed by atoms with Gasteiger partial charge >= 0.3 is 5.97 Å². The maximum Gasteiger partial charge on any atom is 0.321 e. The van der Waals surface area contributed by atoms with E-state index >= 15 is 0 Å². The van der Waals surface area contributed by atoms with E-state index in [0.717, 1.165) is 5.56 Å². The first kappa shape index (κ1) is 11.7. The molecule has 1 atom stereocenters. The van der Waals surface area contributed by atoms with Crippen LogP contribution in [0.2, 0.25) is 0 Å². The minimum atomic E-state index is -1.00. The van der Waals surface area contributed by atoms with Crippen LogP contribution in [0.1, 0.15) is 5.56 Å². The van der Waals surface area contributed by atoms with Crippen LogP contribution in [0.15, 0.2) is 12.5 Å². The van der Waals surface area contributed by atoms with E-state index in [1.165, 1.54) is 18.1 Å². The normalized spacial score (nSPS) is 12.3. The van der Waals surface area contributed by atoms with Crippen LogP contribution in [-0.4, -0.2) is 32.8 Å². The van der Waals surface area contributed by atoms with Crippen LogP contribution in [0.3, 0.4) is 0 Å². The molecule has 0 radical (unpaired) electrons. The number of nitrogens with zero attached hydrogens (tertiary/aromatic N) is 2. The second-order valence-corrected chi connectivity index (χ2v) is 3.92. The third kappa shape index (κ3) is 3.72. The van der Waals surface area contributed by atoms with E-state index in [2.05, 4.69) is 9.97 Å². The second kappa shape index (κ2) is 5.52. The highest BCUT2D eigenvalue weighted by Gasteiger charge is 2.11. The van der Waals surface area contributed by atoms with Gasteiger partial charge in [-0.05, 0) is 0 Å². The third-order valence-corrected chi connectivity index (χ3v) is 2.80. The fourth-order valence-corrected chi connectivity index (χ4v) is 1.80. The summed E-state index contributed by atoms with van der Waals surface area (Å²) in [5.74, 6) is 0.318. The fourth-order valence-electron chi connectivity index (χ4n) is 0.846. The molecule has 1 rings (SSSR count). The molecule has 1 heterocycles. The van der Waals surface area contributed by atoms with Crippen molar-refractivity contribution < 1.29 is 9.90 Å². The number of nitrogens with two attached hydrogens (primary N) is 2. The summed E-state index contributed by atoms with van der Waals surface area (Å²) in [6.07, 6.45) is 2.98. The summed E-state index contributed by atoms with van der Waals surface area (Å²) in [7, 11) is 0. The van der Waals surface area contributed by atoms with E-state index in [4.69, 9.17) is 16.6 Å². The van der Waals surface area contributed by atoms with Crippen LogP contribution in [0.5, 0.6) is 0 Å². The first-order valence-corrected chi connectivity index (χ1v) is 5.37. The van der Waals surface area contributed by atoms with Gasteiger partial charge in [0.2, 0.25) is 0 Å². The Morgan fingerprint density at radius 1 is 1.67 bits per heavy atom. The predicted octanol–water partition coefficient (Wildman–Crippen LogP) is -0.296. The van der Waals surface area contributed by atoms with Crippen molar-refractivity contribution in [1.29, 1.82) is 0 Å². The Hall–Kier alpha value is -1.34. The average Bonchev–Trinajstić information content (AvgIpc) is 2.20. The molecule has 0 aromatic carbocycles. The number of hydrogen-bond acceptors (Lipinski definition) is 6. The molecule has 82 valence electrons. The Morgan fingerprint density at radius 2 is 2.40 bits per heavy atom. The van der Waals surface area contributed by atoms with Gasteiger partial charge in [0.05, 0.1) is 0 Å². The smallest absolute Gasteiger partial charge is 0.321 e. The highest BCUT2D eigenvalue weighted by Crippen LogP contribution is 2.15. The van der Waals surface area contributed by atoms with E-state index in [1.807, 2.05) is 0 Å². The molecule has 0 unspecified atom stereocenters. The molecule has 0 aliphatic heterocycles. The molecule has 6 nitrogen and oxygen atoms in total. The molecule has 0 amide bonds. The molecule has 0 spiro atoms. The van der Waals surface area contributed by atoms with Crippen LogP contribution in [0, 0.1) is 0 Å². The second-order valence-electron chi connectivity index (χ2n) is 2.89. The summed E-state index contributed by atoms with van der Waals surface area (Å²) < 4.78 is 0. The minimum absolute atomic E-state index is 0.337. The van der Waals surface area contributed by atoms with Crippen LogP contribution >= 0.6 is 11.8 Å². The molecule has 0 aliphatic rings. The Bertz CT molecular complexity index is 347. The summed E-state index contributed by atoms with van der Waals surface area (Å²) >= 11 is 1.39. The van der Waals surface area contributed by atoms with Crippen molar-refractivity contribution in [3.8, 4) is 0 Å². The van der Waals surface area contributed by atoms with Gasteiger partial charge in [-0.25, -0.2) is 9.97 Å². The standard InChI is InChI=1S/C8H12N4O2S/c9-6(8(13)14)3-15-2-5-1-11-4-12-7(5)10/h1,4,6H,2-3,9H2,(H,13,14)(H2,10,11,12)/t6-/m0/s1. The average molecular weight is 228 g/mol. The Kier molecular flexibility index (Phi) is 4.32. The molecule has 0 aliphatic carbocycles. The number of carbonyl (C=O) groups is 1. The van der Waals surface area contributed by atoms with Crippen molar-refractivity contribution in [3.63, 3.8) is 0 Å². The van der Waals surface area contributed by atoms with Crippen LogP contribution in [0.4, 0.5) is 5.82 Å². The highest BCUT2D eigenvalue weighted by molar-refractivity contribution is 7.98. The molecule has 1 aromatic rings. The van der Waals surface area contributed by atoms with E-state index in [1.54, 1.807) is 6.20 Å². The highest BCUT2D eigenvalue weighted by atomic mass is 32.2. The topological polar surface area (TPSA) is 115 Å². The lowest BCUT2D eigenvalue weighted by Crippen LogP contribution is -2.32. The number of rotatable bonds is 5. The quantitative estimate of drug-likeness (QED) is 0.633. The van der Waals surface area contributed by atoms with Crippen molar-refractivity contribution in [2.45, 2.75) is 11.8 Å². The summed E-state index contributed by atoms with van der Waals surface area (Å²) in [5.41, 5.74) is 11.7. The number of thioether (sulfide) groups is 1. The first-order valence-electron chi connectivity index (χ1n) is 4.21. The van der Waals surface area contributed by atoms with Gasteiger partial charge in [-0.15, -0.1) is 0 Å². The molecule has 5 N–H and O–H groups in total. The van der Waals surface area contributed by atoms with Crippen molar-refractivity contribution in [1.82, 2.24) is 9.97 Å². The van der Waals surface area contributed by atoms with E-state index < -0.39 is 12.0 Å². The molecule has 1 aromatic heterocycles. The van der Waals surface area contributed by atoms with E-state index in [9.17, 15) is 4.79 Å². The van der Waals surface area contributed by atoms with Crippen molar-refractivity contribution in [3.05, 3.63) is 18.1 Å². The van der Waals surface area contributed by atoms with Gasteiger partial charge in [0.15, 0.2) is 0 Å². The zero-order valence-electron chi connectivity index (χ0n) is 7.96. The van der Waals surface area contributed by atoms with Gasteiger partial charge < -0.3 is 16.6 Å². The lowest BCUT2D eigenvalue weighted by Gasteiger charge is -2.06. The zero-order chi connectivity index (χ0) is 11.3. The SMILES string of the molecule is Nc1ncncc1CSC[C@H](N)C(=O)O. The molecule has 0 fully saturated rings. The summed E-state index contributed by atoms with van der Waals surface area (Å²) in [5, 5.41) is 8.55. The van der Waals surface area contributed by atoms with Gasteiger partial charge in [-0.2, -0.15) is 11.8 Å². The largest absolute Gasteiger partial charge is 0.480 e. The molecular weight excluding hydrogens is 216 g/mol. The number of hydrogen-bond donors (Lipinski definition) is 3.